The Morgan fingerprint density at radius 1 is 1.19 bits per heavy atom. The number of hydrogen-bond donors (Lipinski definition) is 1. The third kappa shape index (κ3) is 2.84. The van der Waals surface area contributed by atoms with Gasteiger partial charge in [0.25, 0.3) is 0 Å². The Hall–Kier alpha value is -1.72. The zero-order valence-electron chi connectivity index (χ0n) is 12.0. The minimum atomic E-state index is 0.196. The number of aromatic nitrogens is 3. The van der Waals surface area contributed by atoms with Crippen LogP contribution < -0.4 is 5.32 Å². The average Bonchev–Trinajstić information content (AvgIpc) is 3.25. The highest BCUT2D eigenvalue weighted by Gasteiger charge is 2.25. The molecule has 1 aliphatic heterocycles. The Bertz CT molecular complexity index is 606. The summed E-state index contributed by atoms with van der Waals surface area (Å²) in [6, 6.07) is 10.2. The highest BCUT2D eigenvalue weighted by Crippen LogP contribution is 2.28. The highest BCUT2D eigenvalue weighted by molar-refractivity contribution is 5.61. The lowest BCUT2D eigenvalue weighted by Gasteiger charge is -2.24. The van der Waals surface area contributed by atoms with Crippen LogP contribution in [0.25, 0.3) is 11.3 Å². The van der Waals surface area contributed by atoms with Gasteiger partial charge in [0.2, 0.25) is 0 Å². The molecule has 1 aromatic heterocycles. The Kier molecular flexibility index (Phi) is 3.45. The summed E-state index contributed by atoms with van der Waals surface area (Å²) in [4.78, 5) is 0. The first-order valence-corrected chi connectivity index (χ1v) is 7.70. The minimum Gasteiger partial charge on any atom is -0.369 e. The quantitative estimate of drug-likeness (QED) is 0.910. The number of nitrogens with one attached hydrogen (secondary N) is 1. The first-order chi connectivity index (χ1) is 10.4. The van der Waals surface area contributed by atoms with E-state index < -0.39 is 0 Å². The smallest absolute Gasteiger partial charge is 0.118 e. The second-order valence-electron chi connectivity index (χ2n) is 5.97. The van der Waals surface area contributed by atoms with Gasteiger partial charge in [-0.25, -0.2) is 4.68 Å². The Morgan fingerprint density at radius 3 is 2.86 bits per heavy atom. The number of benzene rings is 1. The standard InChI is InChI=1S/C16H20N4O/c1-2-4-13(5-3-1)16-15-11-21-14(10-20(15)19-18-16)9-17-8-12-6-7-12/h1-5,12,14,17H,6-11H2. The van der Waals surface area contributed by atoms with Crippen LogP contribution in [0.3, 0.4) is 0 Å². The summed E-state index contributed by atoms with van der Waals surface area (Å²) in [6.45, 7) is 3.40. The molecule has 2 heterocycles. The molecule has 110 valence electrons. The predicted molar refractivity (Wildman–Crippen MR) is 79.6 cm³/mol. The molecule has 1 aliphatic carbocycles. The summed E-state index contributed by atoms with van der Waals surface area (Å²) in [5.74, 6) is 0.903. The van der Waals surface area contributed by atoms with E-state index in [9.17, 15) is 0 Å². The summed E-state index contributed by atoms with van der Waals surface area (Å²) >= 11 is 0. The fraction of sp³-hybridized carbons (Fsp3) is 0.500. The van der Waals surface area contributed by atoms with E-state index in [0.717, 1.165) is 42.5 Å². The van der Waals surface area contributed by atoms with Crippen LogP contribution in [0.15, 0.2) is 30.3 Å². The molecule has 5 nitrogen and oxygen atoms in total. The SMILES string of the molecule is c1ccc(-c2nnn3c2COC(CNCC2CC2)C3)cc1. The second-order valence-corrected chi connectivity index (χ2v) is 5.97. The fourth-order valence-electron chi connectivity index (χ4n) is 2.78. The molecule has 2 aromatic rings. The van der Waals surface area contributed by atoms with Gasteiger partial charge in [0.05, 0.1) is 24.9 Å². The van der Waals surface area contributed by atoms with Crippen LogP contribution in [0.4, 0.5) is 0 Å². The first kappa shape index (κ1) is 13.0. The summed E-state index contributed by atoms with van der Waals surface area (Å²) in [7, 11) is 0. The molecule has 0 saturated heterocycles. The first-order valence-electron chi connectivity index (χ1n) is 7.70. The third-order valence-electron chi connectivity index (χ3n) is 4.22. The van der Waals surface area contributed by atoms with Crippen molar-refractivity contribution < 1.29 is 4.74 Å². The van der Waals surface area contributed by atoms with Crippen LogP contribution in [0, 0.1) is 5.92 Å². The predicted octanol–water partition coefficient (Wildman–Crippen LogP) is 1.84. The zero-order chi connectivity index (χ0) is 14.1. The van der Waals surface area contributed by atoms with E-state index in [2.05, 4.69) is 27.8 Å². The maximum Gasteiger partial charge on any atom is 0.118 e. The van der Waals surface area contributed by atoms with E-state index in [0.29, 0.717) is 6.61 Å². The maximum atomic E-state index is 5.96. The molecular weight excluding hydrogens is 264 g/mol. The van der Waals surface area contributed by atoms with Gasteiger partial charge in [0, 0.05) is 12.1 Å². The van der Waals surface area contributed by atoms with Crippen LogP contribution in [-0.2, 0) is 17.9 Å². The summed E-state index contributed by atoms with van der Waals surface area (Å²) < 4.78 is 7.96. The number of hydrogen-bond acceptors (Lipinski definition) is 4. The molecule has 0 radical (unpaired) electrons. The number of ether oxygens (including phenoxy) is 1. The Balaban J connectivity index is 1.43. The third-order valence-corrected chi connectivity index (χ3v) is 4.22. The van der Waals surface area contributed by atoms with E-state index >= 15 is 0 Å². The van der Waals surface area contributed by atoms with Crippen LogP contribution in [0.5, 0.6) is 0 Å². The van der Waals surface area contributed by atoms with E-state index in [-0.39, 0.29) is 6.10 Å². The van der Waals surface area contributed by atoms with Crippen LogP contribution >= 0.6 is 0 Å². The molecule has 21 heavy (non-hydrogen) atoms. The number of rotatable bonds is 5. The molecule has 1 atom stereocenters. The van der Waals surface area contributed by atoms with Gasteiger partial charge in [-0.2, -0.15) is 0 Å². The van der Waals surface area contributed by atoms with Crippen molar-refractivity contribution in [3.05, 3.63) is 36.0 Å². The minimum absolute atomic E-state index is 0.196. The van der Waals surface area contributed by atoms with Crippen LogP contribution in [0.2, 0.25) is 0 Å². The van der Waals surface area contributed by atoms with E-state index in [1.807, 2.05) is 22.9 Å². The molecule has 1 unspecified atom stereocenters. The maximum absolute atomic E-state index is 5.96. The van der Waals surface area contributed by atoms with Crippen molar-refractivity contribution in [2.45, 2.75) is 32.1 Å². The highest BCUT2D eigenvalue weighted by atomic mass is 16.5. The molecule has 5 heteroatoms. The van der Waals surface area contributed by atoms with Gasteiger partial charge in [-0.15, -0.1) is 5.10 Å². The molecule has 1 aromatic carbocycles. The molecule has 0 bridgehead atoms. The topological polar surface area (TPSA) is 52.0 Å². The van der Waals surface area contributed by atoms with Crippen LogP contribution in [0.1, 0.15) is 18.5 Å². The van der Waals surface area contributed by atoms with E-state index in [1.54, 1.807) is 0 Å². The normalized spacial score (nSPS) is 21.2. The molecule has 1 saturated carbocycles. The Labute approximate surface area is 124 Å². The average molecular weight is 284 g/mol. The van der Waals surface area contributed by atoms with E-state index in [4.69, 9.17) is 4.74 Å². The van der Waals surface area contributed by atoms with Gasteiger partial charge in [-0.05, 0) is 25.3 Å². The zero-order valence-corrected chi connectivity index (χ0v) is 12.0. The molecule has 1 N–H and O–H groups in total. The van der Waals surface area contributed by atoms with Crippen molar-refractivity contribution in [2.75, 3.05) is 13.1 Å². The van der Waals surface area contributed by atoms with Gasteiger partial charge < -0.3 is 10.1 Å². The second kappa shape index (κ2) is 5.58. The van der Waals surface area contributed by atoms with Crippen molar-refractivity contribution >= 4 is 0 Å². The monoisotopic (exact) mass is 284 g/mol. The van der Waals surface area contributed by atoms with Gasteiger partial charge in [0.15, 0.2) is 0 Å². The van der Waals surface area contributed by atoms with Crippen molar-refractivity contribution in [1.29, 1.82) is 0 Å². The van der Waals surface area contributed by atoms with E-state index in [1.165, 1.54) is 12.8 Å². The van der Waals surface area contributed by atoms with Crippen LogP contribution in [-0.4, -0.2) is 34.2 Å². The van der Waals surface area contributed by atoms with Crippen molar-refractivity contribution in [3.63, 3.8) is 0 Å². The fourth-order valence-corrected chi connectivity index (χ4v) is 2.78. The number of fused-ring (bicyclic) bond motifs is 1. The Morgan fingerprint density at radius 2 is 2.05 bits per heavy atom. The van der Waals surface area contributed by atoms with Gasteiger partial charge in [0.1, 0.15) is 5.69 Å². The molecule has 4 rings (SSSR count). The summed E-state index contributed by atoms with van der Waals surface area (Å²) in [5, 5.41) is 12.1. The molecular formula is C16H20N4O. The van der Waals surface area contributed by atoms with Crippen molar-refractivity contribution in [1.82, 2.24) is 20.3 Å². The lowest BCUT2D eigenvalue weighted by molar-refractivity contribution is 0.00139. The van der Waals surface area contributed by atoms with Gasteiger partial charge in [-0.3, -0.25) is 0 Å². The lowest BCUT2D eigenvalue weighted by atomic mass is 10.1. The van der Waals surface area contributed by atoms with Crippen molar-refractivity contribution in [2.24, 2.45) is 5.92 Å². The lowest BCUT2D eigenvalue weighted by Crippen LogP contribution is -2.37. The van der Waals surface area contributed by atoms with Crippen molar-refractivity contribution in [3.8, 4) is 11.3 Å². The molecule has 0 spiro atoms. The van der Waals surface area contributed by atoms with Gasteiger partial charge in [-0.1, -0.05) is 35.5 Å². The summed E-state index contributed by atoms with van der Waals surface area (Å²) in [5.41, 5.74) is 3.13. The summed E-state index contributed by atoms with van der Waals surface area (Å²) in [6.07, 6.45) is 2.96. The molecule has 2 aliphatic rings. The number of nitrogens with zero attached hydrogens (tertiary/aromatic N) is 3. The molecule has 1 fully saturated rings. The molecule has 0 amide bonds. The van der Waals surface area contributed by atoms with Gasteiger partial charge >= 0.3 is 0 Å². The largest absolute Gasteiger partial charge is 0.369 e.